The van der Waals surface area contributed by atoms with Crippen molar-refractivity contribution in [2.75, 3.05) is 4.90 Å². The van der Waals surface area contributed by atoms with E-state index in [-0.39, 0.29) is 17.9 Å². The summed E-state index contributed by atoms with van der Waals surface area (Å²) >= 11 is 1.70. The molecule has 0 radical (unpaired) electrons. The molecule has 1 aromatic carbocycles. The molecule has 1 aliphatic carbocycles. The number of anilines is 1. The first-order chi connectivity index (χ1) is 11.2. The molecule has 0 aliphatic heterocycles. The number of carbonyl (C=O) groups is 1. The second kappa shape index (κ2) is 7.14. The van der Waals surface area contributed by atoms with Crippen LogP contribution in [0.25, 0.3) is 10.4 Å². The second-order valence-corrected chi connectivity index (χ2v) is 7.23. The standard InChI is InChI=1S/C20H23NOS/c1-15(2)21(20(22)17-11-7-4-8-12-17)18-13-19(23-14-18)16-9-5-3-6-10-16/h3-7,9-10,13-15,17H,8,11-12H2,1-2H3. The van der Waals surface area contributed by atoms with Gasteiger partial charge >= 0.3 is 0 Å². The third kappa shape index (κ3) is 3.56. The summed E-state index contributed by atoms with van der Waals surface area (Å²) in [6, 6.07) is 12.7. The molecule has 2 nitrogen and oxygen atoms in total. The Balaban J connectivity index is 1.86. The lowest BCUT2D eigenvalue weighted by Gasteiger charge is -2.30. The van der Waals surface area contributed by atoms with Crippen LogP contribution in [0, 0.1) is 5.92 Å². The molecular formula is C20H23NOS. The summed E-state index contributed by atoms with van der Waals surface area (Å²) in [5.41, 5.74) is 2.24. The fourth-order valence-electron chi connectivity index (χ4n) is 3.10. The van der Waals surface area contributed by atoms with E-state index in [4.69, 9.17) is 0 Å². The SMILES string of the molecule is CC(C)N(C(=O)C1CC=CCC1)c1csc(-c2ccccc2)c1. The van der Waals surface area contributed by atoms with E-state index in [0.717, 1.165) is 24.9 Å². The number of hydrogen-bond donors (Lipinski definition) is 0. The summed E-state index contributed by atoms with van der Waals surface area (Å²) < 4.78 is 0. The van der Waals surface area contributed by atoms with Gasteiger partial charge in [0.15, 0.2) is 0 Å². The molecule has 1 aromatic heterocycles. The molecule has 3 rings (SSSR count). The first kappa shape index (κ1) is 16.0. The predicted octanol–water partition coefficient (Wildman–Crippen LogP) is 5.51. The molecule has 2 aromatic rings. The lowest BCUT2D eigenvalue weighted by atomic mass is 9.92. The lowest BCUT2D eigenvalue weighted by Crippen LogP contribution is -2.41. The Labute approximate surface area is 142 Å². The molecule has 0 saturated carbocycles. The Hall–Kier alpha value is -1.87. The van der Waals surface area contributed by atoms with Crippen LogP contribution in [-0.4, -0.2) is 11.9 Å². The number of thiophene rings is 1. The van der Waals surface area contributed by atoms with Crippen molar-refractivity contribution in [2.45, 2.75) is 39.2 Å². The van der Waals surface area contributed by atoms with Crippen molar-refractivity contribution in [3.8, 4) is 10.4 Å². The third-order valence-electron chi connectivity index (χ3n) is 4.29. The van der Waals surface area contributed by atoms with E-state index in [1.807, 2.05) is 11.0 Å². The van der Waals surface area contributed by atoms with Crippen LogP contribution in [0.1, 0.15) is 33.1 Å². The fraction of sp³-hybridized carbons (Fsp3) is 0.350. The van der Waals surface area contributed by atoms with Crippen molar-refractivity contribution in [3.63, 3.8) is 0 Å². The highest BCUT2D eigenvalue weighted by atomic mass is 32.1. The molecule has 0 bridgehead atoms. The molecule has 0 saturated heterocycles. The molecule has 0 N–H and O–H groups in total. The zero-order chi connectivity index (χ0) is 16.2. The van der Waals surface area contributed by atoms with Crippen molar-refractivity contribution in [1.82, 2.24) is 0 Å². The van der Waals surface area contributed by atoms with Gasteiger partial charge in [-0.15, -0.1) is 11.3 Å². The fourth-order valence-corrected chi connectivity index (χ4v) is 3.99. The molecule has 3 heteroatoms. The van der Waals surface area contributed by atoms with Crippen LogP contribution in [0.2, 0.25) is 0 Å². The highest BCUT2D eigenvalue weighted by Gasteiger charge is 2.28. The van der Waals surface area contributed by atoms with Gasteiger partial charge in [0.2, 0.25) is 5.91 Å². The predicted molar refractivity (Wildman–Crippen MR) is 98.9 cm³/mol. The summed E-state index contributed by atoms with van der Waals surface area (Å²) in [4.78, 5) is 16.2. The maximum absolute atomic E-state index is 13.0. The zero-order valence-corrected chi connectivity index (χ0v) is 14.6. The molecule has 120 valence electrons. The van der Waals surface area contributed by atoms with E-state index in [0.29, 0.717) is 0 Å². The maximum atomic E-state index is 13.0. The van der Waals surface area contributed by atoms with Crippen molar-refractivity contribution < 1.29 is 4.79 Å². The zero-order valence-electron chi connectivity index (χ0n) is 13.7. The normalized spacial score (nSPS) is 17.4. The van der Waals surface area contributed by atoms with Crippen molar-refractivity contribution in [3.05, 3.63) is 53.9 Å². The van der Waals surface area contributed by atoms with Gasteiger partial charge in [0.05, 0.1) is 5.69 Å². The average molecular weight is 325 g/mol. The highest BCUT2D eigenvalue weighted by molar-refractivity contribution is 7.14. The van der Waals surface area contributed by atoms with Gasteiger partial charge in [0.1, 0.15) is 0 Å². The summed E-state index contributed by atoms with van der Waals surface area (Å²) in [7, 11) is 0. The summed E-state index contributed by atoms with van der Waals surface area (Å²) in [5, 5.41) is 2.11. The molecule has 1 amide bonds. The second-order valence-electron chi connectivity index (χ2n) is 6.32. The monoisotopic (exact) mass is 325 g/mol. The molecule has 1 unspecified atom stereocenters. The van der Waals surface area contributed by atoms with E-state index < -0.39 is 0 Å². The van der Waals surface area contributed by atoms with Crippen LogP contribution in [-0.2, 0) is 4.79 Å². The minimum Gasteiger partial charge on any atom is -0.309 e. The van der Waals surface area contributed by atoms with Gasteiger partial charge in [-0.25, -0.2) is 0 Å². The third-order valence-corrected chi connectivity index (χ3v) is 5.26. The molecule has 1 heterocycles. The largest absolute Gasteiger partial charge is 0.309 e. The van der Waals surface area contributed by atoms with Crippen LogP contribution in [0.3, 0.4) is 0 Å². The van der Waals surface area contributed by atoms with E-state index in [1.165, 1.54) is 10.4 Å². The Bertz CT molecular complexity index is 687. The van der Waals surface area contributed by atoms with Gasteiger partial charge in [-0.1, -0.05) is 42.5 Å². The van der Waals surface area contributed by atoms with Crippen LogP contribution in [0.15, 0.2) is 53.9 Å². The number of amides is 1. The first-order valence-electron chi connectivity index (χ1n) is 8.29. The number of allylic oxidation sites excluding steroid dienone is 2. The molecular weight excluding hydrogens is 302 g/mol. The minimum atomic E-state index is 0.127. The molecule has 23 heavy (non-hydrogen) atoms. The highest BCUT2D eigenvalue weighted by Crippen LogP contribution is 2.34. The lowest BCUT2D eigenvalue weighted by molar-refractivity contribution is -0.122. The molecule has 0 fully saturated rings. The van der Waals surface area contributed by atoms with Gasteiger partial charge in [-0.2, -0.15) is 0 Å². The number of rotatable bonds is 4. The van der Waals surface area contributed by atoms with Crippen LogP contribution in [0.4, 0.5) is 5.69 Å². The summed E-state index contributed by atoms with van der Waals surface area (Å²) in [6.07, 6.45) is 7.18. The maximum Gasteiger partial charge on any atom is 0.230 e. The van der Waals surface area contributed by atoms with Gasteiger partial charge in [-0.3, -0.25) is 4.79 Å². The van der Waals surface area contributed by atoms with E-state index >= 15 is 0 Å². The van der Waals surface area contributed by atoms with Crippen LogP contribution in [0.5, 0.6) is 0 Å². The van der Waals surface area contributed by atoms with E-state index in [9.17, 15) is 4.79 Å². The van der Waals surface area contributed by atoms with Gasteiger partial charge < -0.3 is 4.90 Å². The Morgan fingerprint density at radius 3 is 2.65 bits per heavy atom. The van der Waals surface area contributed by atoms with Crippen molar-refractivity contribution in [2.24, 2.45) is 5.92 Å². The Kier molecular flexibility index (Phi) is 4.97. The van der Waals surface area contributed by atoms with Crippen molar-refractivity contribution in [1.29, 1.82) is 0 Å². The Morgan fingerprint density at radius 2 is 2.00 bits per heavy atom. The molecule has 1 aliphatic rings. The van der Waals surface area contributed by atoms with Crippen molar-refractivity contribution >= 4 is 22.9 Å². The van der Waals surface area contributed by atoms with Crippen LogP contribution < -0.4 is 4.90 Å². The molecule has 0 spiro atoms. The first-order valence-corrected chi connectivity index (χ1v) is 9.17. The van der Waals surface area contributed by atoms with Gasteiger partial charge in [0, 0.05) is 22.2 Å². The van der Waals surface area contributed by atoms with Gasteiger partial charge in [0.25, 0.3) is 0 Å². The van der Waals surface area contributed by atoms with Crippen LogP contribution >= 0.6 is 11.3 Å². The smallest absolute Gasteiger partial charge is 0.230 e. The summed E-state index contributed by atoms with van der Waals surface area (Å²) in [5.74, 6) is 0.393. The number of nitrogens with zero attached hydrogens (tertiary/aromatic N) is 1. The molecule has 1 atom stereocenters. The summed E-state index contributed by atoms with van der Waals surface area (Å²) in [6.45, 7) is 4.19. The minimum absolute atomic E-state index is 0.127. The number of benzene rings is 1. The topological polar surface area (TPSA) is 20.3 Å². The van der Waals surface area contributed by atoms with E-state index in [1.54, 1.807) is 11.3 Å². The average Bonchev–Trinajstić information content (AvgIpc) is 3.06. The Morgan fingerprint density at radius 1 is 1.22 bits per heavy atom. The van der Waals surface area contributed by atoms with E-state index in [2.05, 4.69) is 61.7 Å². The number of hydrogen-bond acceptors (Lipinski definition) is 2. The number of carbonyl (C=O) groups excluding carboxylic acids is 1. The van der Waals surface area contributed by atoms with Gasteiger partial charge in [-0.05, 0) is 44.7 Å². The quantitative estimate of drug-likeness (QED) is 0.678.